The third-order valence-corrected chi connectivity index (χ3v) is 5.23. The molecule has 0 bridgehead atoms. The molecule has 7 rings (SSSR count). The van der Waals surface area contributed by atoms with Crippen LogP contribution >= 0.6 is 0 Å². The van der Waals surface area contributed by atoms with Crippen LogP contribution in [0, 0.1) is 0 Å². The first-order valence-corrected chi connectivity index (χ1v) is 8.89. The van der Waals surface area contributed by atoms with Crippen LogP contribution in [0.5, 0.6) is 0 Å². The quantitative estimate of drug-likeness (QED) is 0.296. The van der Waals surface area contributed by atoms with Gasteiger partial charge in [0.05, 0.1) is 22.1 Å². The van der Waals surface area contributed by atoms with Gasteiger partial charge in [-0.2, -0.15) is 0 Å². The number of para-hydroxylation sites is 3. The zero-order valence-electron chi connectivity index (χ0n) is 14.4. The maximum atomic E-state index is 4.94. The van der Waals surface area contributed by atoms with E-state index >= 15 is 0 Å². The number of nitrogens with zero attached hydrogens (tertiary/aromatic N) is 6. The van der Waals surface area contributed by atoms with E-state index in [-0.39, 0.29) is 0 Å². The molecule has 4 aromatic heterocycles. The molecular formula is C21H10N6O. The lowest BCUT2D eigenvalue weighted by atomic mass is 10.1. The number of hydrogen-bond acceptors (Lipinski definition) is 6. The van der Waals surface area contributed by atoms with Crippen molar-refractivity contribution in [2.45, 2.75) is 0 Å². The molecule has 0 radical (unpaired) electrons. The second-order valence-corrected chi connectivity index (χ2v) is 6.76. The van der Waals surface area contributed by atoms with Crippen LogP contribution in [0.3, 0.4) is 0 Å². The van der Waals surface area contributed by atoms with Gasteiger partial charge < -0.3 is 0 Å². The molecule has 28 heavy (non-hydrogen) atoms. The minimum atomic E-state index is 0.606. The first-order chi connectivity index (χ1) is 13.9. The lowest BCUT2D eigenvalue weighted by Gasteiger charge is -2.08. The average molecular weight is 362 g/mol. The Balaban J connectivity index is 1.85. The molecule has 7 nitrogen and oxygen atoms in total. The number of rotatable bonds is 0. The van der Waals surface area contributed by atoms with Crippen molar-refractivity contribution in [1.29, 1.82) is 0 Å². The summed E-state index contributed by atoms with van der Waals surface area (Å²) in [4.78, 5) is 14.7. The Labute approximate surface area is 156 Å². The summed E-state index contributed by atoms with van der Waals surface area (Å²) >= 11 is 0. The van der Waals surface area contributed by atoms with Crippen molar-refractivity contribution in [2.24, 2.45) is 0 Å². The predicted molar refractivity (Wildman–Crippen MR) is 106 cm³/mol. The Bertz CT molecular complexity index is 1730. The summed E-state index contributed by atoms with van der Waals surface area (Å²) < 4.78 is 7.05. The number of pyridine rings is 1. The van der Waals surface area contributed by atoms with E-state index in [2.05, 4.69) is 32.9 Å². The molecule has 7 aromatic rings. The van der Waals surface area contributed by atoms with Gasteiger partial charge in [-0.15, -0.1) is 0 Å². The van der Waals surface area contributed by atoms with Crippen LogP contribution in [-0.2, 0) is 0 Å². The molecule has 7 heteroatoms. The Morgan fingerprint density at radius 1 is 0.571 bits per heavy atom. The number of aromatic nitrogens is 6. The summed E-state index contributed by atoms with van der Waals surface area (Å²) in [5, 5.41) is 8.97. The minimum Gasteiger partial charge on any atom is -0.290 e. The van der Waals surface area contributed by atoms with Gasteiger partial charge in [0.2, 0.25) is 0 Å². The largest absolute Gasteiger partial charge is 0.290 e. The molecule has 0 atom stereocenters. The van der Waals surface area contributed by atoms with Gasteiger partial charge in [-0.05, 0) is 40.6 Å². The number of benzene rings is 3. The number of fused-ring (bicyclic) bond motifs is 11. The Hall–Kier alpha value is -4.13. The normalized spacial score (nSPS) is 12.3. The van der Waals surface area contributed by atoms with E-state index in [1.165, 1.54) is 0 Å². The van der Waals surface area contributed by atoms with E-state index in [9.17, 15) is 0 Å². The van der Waals surface area contributed by atoms with Gasteiger partial charge in [0.15, 0.2) is 11.2 Å². The van der Waals surface area contributed by atoms with Crippen LogP contribution in [0.1, 0.15) is 0 Å². The van der Waals surface area contributed by atoms with Crippen molar-refractivity contribution >= 4 is 60.7 Å². The highest BCUT2D eigenvalue weighted by Crippen LogP contribution is 2.32. The van der Waals surface area contributed by atoms with E-state index in [1.807, 2.05) is 42.5 Å². The van der Waals surface area contributed by atoms with E-state index in [1.54, 1.807) is 0 Å². The summed E-state index contributed by atoms with van der Waals surface area (Å²) in [5.74, 6) is 0. The monoisotopic (exact) mass is 362 g/mol. The molecule has 0 spiro atoms. The van der Waals surface area contributed by atoms with E-state index in [0.717, 1.165) is 44.1 Å². The molecule has 0 aliphatic heterocycles. The topological polar surface area (TPSA) is 82.0 Å². The van der Waals surface area contributed by atoms with Crippen LogP contribution in [0.25, 0.3) is 60.7 Å². The summed E-state index contributed by atoms with van der Waals surface area (Å²) in [7, 11) is 0. The molecule has 130 valence electrons. The van der Waals surface area contributed by atoms with Gasteiger partial charge in [-0.25, -0.2) is 19.6 Å². The van der Waals surface area contributed by atoms with Crippen molar-refractivity contribution in [3.63, 3.8) is 0 Å². The Morgan fingerprint density at radius 3 is 2.36 bits per heavy atom. The maximum Gasteiger partial charge on any atom is 0.166 e. The van der Waals surface area contributed by atoms with Gasteiger partial charge >= 0.3 is 0 Å². The van der Waals surface area contributed by atoms with Crippen LogP contribution in [-0.4, -0.2) is 29.7 Å². The van der Waals surface area contributed by atoms with Gasteiger partial charge in [0.25, 0.3) is 0 Å². The fourth-order valence-electron chi connectivity index (χ4n) is 4.01. The summed E-state index contributed by atoms with van der Waals surface area (Å²) in [5.41, 5.74) is 8.02. The standard InChI is InChI=1S/C21H10N6O/c1-3-7-15-11(5-1)17-20(21-23-12-6-2-4-8-16(12)27(15)21)24-18-13(22-17)9-10-14-19(18)26-28-25-14/h1-10H. The van der Waals surface area contributed by atoms with Gasteiger partial charge in [-0.3, -0.25) is 4.40 Å². The van der Waals surface area contributed by atoms with Crippen molar-refractivity contribution in [1.82, 2.24) is 29.7 Å². The second-order valence-electron chi connectivity index (χ2n) is 6.76. The zero-order chi connectivity index (χ0) is 18.2. The smallest absolute Gasteiger partial charge is 0.166 e. The third kappa shape index (κ3) is 1.61. The van der Waals surface area contributed by atoms with Crippen LogP contribution in [0.4, 0.5) is 0 Å². The fraction of sp³-hybridized carbons (Fsp3) is 0. The molecule has 0 fully saturated rings. The highest BCUT2D eigenvalue weighted by atomic mass is 16.6. The highest BCUT2D eigenvalue weighted by molar-refractivity contribution is 6.13. The number of hydrogen-bond donors (Lipinski definition) is 0. The molecule has 0 aliphatic carbocycles. The summed E-state index contributed by atoms with van der Waals surface area (Å²) in [6.07, 6.45) is 0. The average Bonchev–Trinajstić information content (AvgIpc) is 3.38. The van der Waals surface area contributed by atoms with Crippen molar-refractivity contribution in [2.75, 3.05) is 0 Å². The SMILES string of the molecule is c1ccc2c(c1)nc1c3nc4c(ccc5nonc54)nc3c3ccccc3n21. The summed E-state index contributed by atoms with van der Waals surface area (Å²) in [6, 6.07) is 20.0. The maximum absolute atomic E-state index is 4.94. The molecule has 0 amide bonds. The van der Waals surface area contributed by atoms with E-state index in [0.29, 0.717) is 16.6 Å². The van der Waals surface area contributed by atoms with Crippen molar-refractivity contribution < 1.29 is 4.63 Å². The van der Waals surface area contributed by atoms with Crippen molar-refractivity contribution in [3.8, 4) is 0 Å². The molecule has 0 unspecified atom stereocenters. The molecule has 4 heterocycles. The fourth-order valence-corrected chi connectivity index (χ4v) is 4.01. The predicted octanol–water partition coefficient (Wildman–Crippen LogP) is 4.27. The van der Waals surface area contributed by atoms with Crippen molar-refractivity contribution in [3.05, 3.63) is 60.7 Å². The van der Waals surface area contributed by atoms with E-state index in [4.69, 9.17) is 19.6 Å². The lowest BCUT2D eigenvalue weighted by molar-refractivity contribution is 0.315. The third-order valence-electron chi connectivity index (χ3n) is 5.23. The van der Waals surface area contributed by atoms with Gasteiger partial charge in [0.1, 0.15) is 22.1 Å². The highest BCUT2D eigenvalue weighted by Gasteiger charge is 2.17. The molecule has 0 saturated carbocycles. The molecule has 0 N–H and O–H groups in total. The van der Waals surface area contributed by atoms with Crippen LogP contribution in [0.15, 0.2) is 65.3 Å². The van der Waals surface area contributed by atoms with Gasteiger partial charge in [0, 0.05) is 5.39 Å². The molecule has 0 aliphatic rings. The Kier molecular flexibility index (Phi) is 2.39. The first-order valence-electron chi connectivity index (χ1n) is 8.89. The van der Waals surface area contributed by atoms with Crippen LogP contribution in [0.2, 0.25) is 0 Å². The Morgan fingerprint density at radius 2 is 1.39 bits per heavy atom. The minimum absolute atomic E-state index is 0.606. The summed E-state index contributed by atoms with van der Waals surface area (Å²) in [6.45, 7) is 0. The van der Waals surface area contributed by atoms with E-state index < -0.39 is 0 Å². The lowest BCUT2D eigenvalue weighted by Crippen LogP contribution is -1.96. The van der Waals surface area contributed by atoms with Crippen LogP contribution < -0.4 is 0 Å². The molecule has 3 aromatic carbocycles. The first kappa shape index (κ1) is 14.0. The molecule has 0 saturated heterocycles. The number of imidazole rings is 1. The van der Waals surface area contributed by atoms with Gasteiger partial charge in [-0.1, -0.05) is 30.3 Å². The second kappa shape index (κ2) is 4.77. The molecular weight excluding hydrogens is 352 g/mol. The zero-order valence-corrected chi connectivity index (χ0v) is 14.4.